The van der Waals surface area contributed by atoms with Gasteiger partial charge in [-0.2, -0.15) is 0 Å². The summed E-state index contributed by atoms with van der Waals surface area (Å²) in [7, 11) is 1.92. The zero-order valence-electron chi connectivity index (χ0n) is 14.2. The fourth-order valence-corrected chi connectivity index (χ4v) is 4.34. The first-order chi connectivity index (χ1) is 11.5. The summed E-state index contributed by atoms with van der Waals surface area (Å²) in [6.45, 7) is 2.52. The Morgan fingerprint density at radius 3 is 2.71 bits per heavy atom. The third-order valence-corrected chi connectivity index (χ3v) is 5.99. The Hall–Kier alpha value is -2.04. The number of carbonyl (C=O) groups is 2. The van der Waals surface area contributed by atoms with Crippen LogP contribution in [0.2, 0.25) is 0 Å². The van der Waals surface area contributed by atoms with Crippen LogP contribution in [0.3, 0.4) is 0 Å². The maximum Gasteiger partial charge on any atom is 0.407 e. The maximum absolute atomic E-state index is 12.7. The average Bonchev–Trinajstić information content (AvgIpc) is 2.86. The number of nitrogens with one attached hydrogen (secondary N) is 1. The van der Waals surface area contributed by atoms with E-state index in [0.717, 1.165) is 12.8 Å². The van der Waals surface area contributed by atoms with E-state index in [9.17, 15) is 9.59 Å². The molecule has 4 rings (SSSR count). The molecule has 3 aliphatic rings. The van der Waals surface area contributed by atoms with Crippen LogP contribution in [0.25, 0.3) is 0 Å². The number of rotatable bonds is 3. The van der Waals surface area contributed by atoms with E-state index in [1.807, 2.05) is 11.9 Å². The van der Waals surface area contributed by atoms with Gasteiger partial charge in [0.15, 0.2) is 0 Å². The Morgan fingerprint density at radius 2 is 2.08 bits per heavy atom. The first kappa shape index (κ1) is 15.5. The second-order valence-corrected chi connectivity index (χ2v) is 7.77. The minimum absolute atomic E-state index is 0.0232. The minimum Gasteiger partial charge on any atom is -0.447 e. The molecule has 1 N–H and O–H groups in total. The number of cyclic esters (lactones) is 1. The zero-order chi connectivity index (χ0) is 16.9. The highest BCUT2D eigenvalue weighted by molar-refractivity contribution is 5.81. The first-order valence-electron chi connectivity index (χ1n) is 8.74. The lowest BCUT2D eigenvalue weighted by atomic mass is 9.67. The van der Waals surface area contributed by atoms with Gasteiger partial charge in [0.25, 0.3) is 0 Å². The SMILES string of the molecule is Cc1cccc(C2CC(N(C)C(=O)C3CC4(COC(=O)N4)C3)C2)c1. The molecule has 24 heavy (non-hydrogen) atoms. The molecule has 1 spiro atoms. The van der Waals surface area contributed by atoms with Crippen molar-refractivity contribution in [1.82, 2.24) is 10.2 Å². The molecule has 1 heterocycles. The quantitative estimate of drug-likeness (QED) is 0.928. The Kier molecular flexibility index (Phi) is 3.55. The van der Waals surface area contributed by atoms with E-state index in [1.165, 1.54) is 11.1 Å². The van der Waals surface area contributed by atoms with Crippen molar-refractivity contribution in [3.05, 3.63) is 35.4 Å². The second kappa shape index (κ2) is 5.50. The van der Waals surface area contributed by atoms with Gasteiger partial charge in [0.05, 0.1) is 5.54 Å². The Balaban J connectivity index is 1.29. The number of ether oxygens (including phenoxy) is 1. The number of hydrogen-bond donors (Lipinski definition) is 1. The third-order valence-electron chi connectivity index (χ3n) is 5.99. The van der Waals surface area contributed by atoms with E-state index in [-0.39, 0.29) is 23.5 Å². The van der Waals surface area contributed by atoms with E-state index in [2.05, 4.69) is 36.5 Å². The first-order valence-corrected chi connectivity index (χ1v) is 8.74. The van der Waals surface area contributed by atoms with E-state index >= 15 is 0 Å². The summed E-state index contributed by atoms with van der Waals surface area (Å²) in [5.41, 5.74) is 2.41. The van der Waals surface area contributed by atoms with E-state index in [1.54, 1.807) is 0 Å². The highest BCUT2D eigenvalue weighted by atomic mass is 16.6. The Labute approximate surface area is 142 Å². The van der Waals surface area contributed by atoms with Crippen molar-refractivity contribution < 1.29 is 14.3 Å². The molecule has 128 valence electrons. The summed E-state index contributed by atoms with van der Waals surface area (Å²) >= 11 is 0. The van der Waals surface area contributed by atoms with Crippen LogP contribution >= 0.6 is 0 Å². The van der Waals surface area contributed by atoms with E-state index < -0.39 is 0 Å². The van der Waals surface area contributed by atoms with Crippen molar-refractivity contribution in [3.63, 3.8) is 0 Å². The fourth-order valence-electron chi connectivity index (χ4n) is 4.34. The van der Waals surface area contributed by atoms with Gasteiger partial charge in [0.1, 0.15) is 6.61 Å². The summed E-state index contributed by atoms with van der Waals surface area (Å²) in [4.78, 5) is 25.8. The molecular formula is C19H24N2O3. The van der Waals surface area contributed by atoms with Crippen LogP contribution in [0.15, 0.2) is 24.3 Å². The minimum atomic E-state index is -0.353. The van der Waals surface area contributed by atoms with Crippen molar-refractivity contribution in [3.8, 4) is 0 Å². The Morgan fingerprint density at radius 1 is 1.33 bits per heavy atom. The number of carbonyl (C=O) groups excluding carboxylic acids is 2. The lowest BCUT2D eigenvalue weighted by Gasteiger charge is -2.47. The van der Waals surface area contributed by atoms with Gasteiger partial charge >= 0.3 is 6.09 Å². The average molecular weight is 328 g/mol. The number of hydrogen-bond acceptors (Lipinski definition) is 3. The van der Waals surface area contributed by atoms with Gasteiger partial charge in [-0.3, -0.25) is 4.79 Å². The molecule has 2 amide bonds. The van der Waals surface area contributed by atoms with Crippen molar-refractivity contribution >= 4 is 12.0 Å². The lowest BCUT2D eigenvalue weighted by molar-refractivity contribution is -0.143. The molecule has 0 aromatic heterocycles. The molecule has 1 saturated heterocycles. The van der Waals surface area contributed by atoms with E-state index in [4.69, 9.17) is 4.74 Å². The van der Waals surface area contributed by atoms with Gasteiger partial charge in [-0.05, 0) is 44.1 Å². The normalized spacial score (nSPS) is 34.1. The topological polar surface area (TPSA) is 58.6 Å². The maximum atomic E-state index is 12.7. The van der Waals surface area contributed by atoms with E-state index in [0.29, 0.717) is 31.4 Å². The molecule has 1 aliphatic heterocycles. The van der Waals surface area contributed by atoms with Crippen molar-refractivity contribution in [2.24, 2.45) is 5.92 Å². The molecule has 1 aromatic rings. The number of nitrogens with zero attached hydrogens (tertiary/aromatic N) is 1. The zero-order valence-corrected chi connectivity index (χ0v) is 14.2. The summed E-state index contributed by atoms with van der Waals surface area (Å²) in [6, 6.07) is 9.01. The number of alkyl carbamates (subject to hydrolysis) is 1. The highest BCUT2D eigenvalue weighted by Gasteiger charge is 2.53. The smallest absolute Gasteiger partial charge is 0.407 e. The van der Waals surface area contributed by atoms with Gasteiger partial charge in [0, 0.05) is 19.0 Å². The standard InChI is InChI=1S/C19H24N2O3/c1-12-4-3-5-13(6-12)14-7-16(8-14)21(2)17(22)15-9-19(10-15)11-24-18(23)20-19/h3-6,14-16H,7-11H2,1-2H3,(H,20,23). The molecule has 2 saturated carbocycles. The summed E-state index contributed by atoms with van der Waals surface area (Å²) < 4.78 is 4.98. The fraction of sp³-hybridized carbons (Fsp3) is 0.579. The molecular weight excluding hydrogens is 304 g/mol. The predicted molar refractivity (Wildman–Crippen MR) is 89.7 cm³/mol. The van der Waals surface area contributed by atoms with Crippen LogP contribution < -0.4 is 5.32 Å². The predicted octanol–water partition coefficient (Wildman–Crippen LogP) is 2.59. The van der Waals surface area contributed by atoms with Crippen LogP contribution in [0, 0.1) is 12.8 Å². The molecule has 0 atom stereocenters. The second-order valence-electron chi connectivity index (χ2n) is 7.77. The summed E-state index contributed by atoms with van der Waals surface area (Å²) in [6.07, 6.45) is 3.15. The highest BCUT2D eigenvalue weighted by Crippen LogP contribution is 2.44. The van der Waals surface area contributed by atoms with Gasteiger partial charge < -0.3 is 15.0 Å². The molecule has 0 bridgehead atoms. The van der Waals surface area contributed by atoms with Gasteiger partial charge in [0.2, 0.25) is 5.91 Å². The van der Waals surface area contributed by atoms with Crippen LogP contribution in [0.5, 0.6) is 0 Å². The van der Waals surface area contributed by atoms with Crippen molar-refractivity contribution in [2.45, 2.75) is 50.1 Å². The Bertz CT molecular complexity index is 675. The van der Waals surface area contributed by atoms with Crippen molar-refractivity contribution in [2.75, 3.05) is 13.7 Å². The number of benzene rings is 1. The van der Waals surface area contributed by atoms with Gasteiger partial charge in [-0.25, -0.2) is 4.79 Å². The van der Waals surface area contributed by atoms with Gasteiger partial charge in [-0.1, -0.05) is 29.8 Å². The summed E-state index contributed by atoms with van der Waals surface area (Å²) in [5.74, 6) is 0.810. The lowest BCUT2D eigenvalue weighted by Crippen LogP contribution is -2.59. The molecule has 1 aromatic carbocycles. The van der Waals surface area contributed by atoms with Crippen LogP contribution in [-0.4, -0.2) is 42.1 Å². The summed E-state index contributed by atoms with van der Waals surface area (Å²) in [5, 5.41) is 2.85. The molecule has 0 radical (unpaired) electrons. The van der Waals surface area contributed by atoms with Crippen molar-refractivity contribution in [1.29, 1.82) is 0 Å². The monoisotopic (exact) mass is 328 g/mol. The number of amides is 2. The van der Waals surface area contributed by atoms with Crippen LogP contribution in [0.1, 0.15) is 42.7 Å². The van der Waals surface area contributed by atoms with Gasteiger partial charge in [-0.15, -0.1) is 0 Å². The van der Waals surface area contributed by atoms with Crippen LogP contribution in [0.4, 0.5) is 4.79 Å². The molecule has 2 aliphatic carbocycles. The molecule has 5 heteroatoms. The largest absolute Gasteiger partial charge is 0.447 e. The third kappa shape index (κ3) is 2.56. The number of aryl methyl sites for hydroxylation is 1. The molecule has 5 nitrogen and oxygen atoms in total. The van der Waals surface area contributed by atoms with Crippen LogP contribution in [-0.2, 0) is 9.53 Å². The molecule has 0 unspecified atom stereocenters. The molecule has 3 fully saturated rings.